The molecule has 0 saturated carbocycles. The quantitative estimate of drug-likeness (QED) is 0.848. The van der Waals surface area contributed by atoms with Crippen LogP contribution in [0.2, 0.25) is 0 Å². The van der Waals surface area contributed by atoms with Crippen LogP contribution in [0.25, 0.3) is 0 Å². The summed E-state index contributed by atoms with van der Waals surface area (Å²) in [5.74, 6) is -0.292. The van der Waals surface area contributed by atoms with E-state index in [1.165, 1.54) is 7.11 Å². The Hall–Kier alpha value is -2.13. The number of hydrogen-bond donors (Lipinski definition) is 1. The Bertz CT molecular complexity index is 554. The molecule has 0 aliphatic carbocycles. The van der Waals surface area contributed by atoms with Gasteiger partial charge < -0.3 is 4.74 Å². The number of benzene rings is 2. The maximum atomic E-state index is 12.2. The molecule has 1 N–H and O–H groups in total. The Balaban J connectivity index is 2.22. The van der Waals surface area contributed by atoms with Gasteiger partial charge in [0.2, 0.25) is 0 Å². The molecular formula is C17H19NO2. The van der Waals surface area contributed by atoms with Crippen molar-refractivity contribution in [2.24, 2.45) is 0 Å². The van der Waals surface area contributed by atoms with Crippen molar-refractivity contribution in [1.29, 1.82) is 0 Å². The van der Waals surface area contributed by atoms with Gasteiger partial charge in [0.1, 0.15) is 5.54 Å². The van der Waals surface area contributed by atoms with Gasteiger partial charge in [0, 0.05) is 6.54 Å². The average molecular weight is 269 g/mol. The first-order valence-electron chi connectivity index (χ1n) is 6.59. The summed E-state index contributed by atoms with van der Waals surface area (Å²) in [6.07, 6.45) is 0. The molecule has 2 rings (SSSR count). The number of esters is 1. The average Bonchev–Trinajstić information content (AvgIpc) is 2.53. The van der Waals surface area contributed by atoms with Gasteiger partial charge in [-0.15, -0.1) is 0 Å². The van der Waals surface area contributed by atoms with Crippen molar-refractivity contribution in [1.82, 2.24) is 5.32 Å². The lowest BCUT2D eigenvalue weighted by molar-refractivity contribution is -0.148. The monoisotopic (exact) mass is 269 g/mol. The third-order valence-corrected chi connectivity index (χ3v) is 3.43. The van der Waals surface area contributed by atoms with Crippen LogP contribution in [0.1, 0.15) is 18.1 Å². The van der Waals surface area contributed by atoms with Gasteiger partial charge in [-0.05, 0) is 18.1 Å². The van der Waals surface area contributed by atoms with Gasteiger partial charge in [-0.2, -0.15) is 0 Å². The second-order valence-electron chi connectivity index (χ2n) is 4.82. The number of carbonyl (C=O) groups is 1. The third-order valence-electron chi connectivity index (χ3n) is 3.43. The highest BCUT2D eigenvalue weighted by Gasteiger charge is 2.35. The Morgan fingerprint density at radius 1 is 1.05 bits per heavy atom. The highest BCUT2D eigenvalue weighted by molar-refractivity contribution is 5.82. The van der Waals surface area contributed by atoms with Crippen molar-refractivity contribution in [3.63, 3.8) is 0 Å². The molecule has 1 unspecified atom stereocenters. The van der Waals surface area contributed by atoms with Crippen molar-refractivity contribution in [2.45, 2.75) is 19.0 Å². The molecule has 0 aliphatic heterocycles. The lowest BCUT2D eigenvalue weighted by Gasteiger charge is -2.28. The molecule has 3 nitrogen and oxygen atoms in total. The molecule has 20 heavy (non-hydrogen) atoms. The molecule has 2 aromatic carbocycles. The Morgan fingerprint density at radius 3 is 2.15 bits per heavy atom. The fourth-order valence-electron chi connectivity index (χ4n) is 2.14. The van der Waals surface area contributed by atoms with Crippen LogP contribution in [0, 0.1) is 0 Å². The molecule has 104 valence electrons. The molecule has 1 atom stereocenters. The summed E-state index contributed by atoms with van der Waals surface area (Å²) in [5, 5.41) is 3.30. The van der Waals surface area contributed by atoms with Crippen molar-refractivity contribution in [3.8, 4) is 0 Å². The summed E-state index contributed by atoms with van der Waals surface area (Å²) in [4.78, 5) is 12.2. The minimum Gasteiger partial charge on any atom is -0.467 e. The Kier molecular flexibility index (Phi) is 4.53. The highest BCUT2D eigenvalue weighted by atomic mass is 16.5. The minimum absolute atomic E-state index is 0.292. The zero-order valence-electron chi connectivity index (χ0n) is 11.8. The van der Waals surface area contributed by atoms with E-state index in [1.807, 2.05) is 67.6 Å². The molecule has 0 spiro atoms. The molecule has 0 bridgehead atoms. The maximum absolute atomic E-state index is 12.2. The van der Waals surface area contributed by atoms with Crippen LogP contribution < -0.4 is 5.32 Å². The van der Waals surface area contributed by atoms with Gasteiger partial charge in [0.05, 0.1) is 7.11 Å². The van der Waals surface area contributed by atoms with Gasteiger partial charge in [-0.3, -0.25) is 5.32 Å². The second kappa shape index (κ2) is 6.35. The number of ether oxygens (including phenoxy) is 1. The van der Waals surface area contributed by atoms with Gasteiger partial charge in [-0.1, -0.05) is 60.7 Å². The molecule has 0 aromatic heterocycles. The van der Waals surface area contributed by atoms with E-state index in [4.69, 9.17) is 4.74 Å². The molecule has 2 aromatic rings. The molecule has 0 fully saturated rings. The summed E-state index contributed by atoms with van der Waals surface area (Å²) in [6, 6.07) is 19.6. The van der Waals surface area contributed by atoms with Gasteiger partial charge in [0.25, 0.3) is 0 Å². The van der Waals surface area contributed by atoms with Crippen molar-refractivity contribution in [3.05, 3.63) is 71.8 Å². The topological polar surface area (TPSA) is 38.3 Å². The number of rotatable bonds is 5. The largest absolute Gasteiger partial charge is 0.467 e. The van der Waals surface area contributed by atoms with Crippen LogP contribution >= 0.6 is 0 Å². The minimum atomic E-state index is -0.855. The summed E-state index contributed by atoms with van der Waals surface area (Å²) in [6.45, 7) is 2.44. The zero-order chi connectivity index (χ0) is 14.4. The first-order chi connectivity index (χ1) is 9.66. The molecule has 0 aliphatic rings. The Labute approximate surface area is 119 Å². The molecule has 0 radical (unpaired) electrons. The predicted molar refractivity (Wildman–Crippen MR) is 79.1 cm³/mol. The van der Waals surface area contributed by atoms with Crippen LogP contribution in [0.3, 0.4) is 0 Å². The number of methoxy groups -OCH3 is 1. The maximum Gasteiger partial charge on any atom is 0.330 e. The van der Waals surface area contributed by atoms with Crippen LogP contribution in [-0.2, 0) is 21.6 Å². The standard InChI is InChI=1S/C17H19NO2/c1-17(16(19)20-2,15-11-7-4-8-12-15)18-13-14-9-5-3-6-10-14/h3-12,18H,13H2,1-2H3. The van der Waals surface area contributed by atoms with Gasteiger partial charge in [-0.25, -0.2) is 4.79 Å². The van der Waals surface area contributed by atoms with Crippen molar-refractivity contribution >= 4 is 5.97 Å². The van der Waals surface area contributed by atoms with Crippen molar-refractivity contribution < 1.29 is 9.53 Å². The second-order valence-corrected chi connectivity index (χ2v) is 4.82. The number of carbonyl (C=O) groups excluding carboxylic acids is 1. The summed E-state index contributed by atoms with van der Waals surface area (Å²) < 4.78 is 4.96. The molecule has 0 saturated heterocycles. The number of nitrogens with one attached hydrogen (secondary N) is 1. The van der Waals surface area contributed by atoms with E-state index in [9.17, 15) is 4.79 Å². The van der Waals surface area contributed by atoms with E-state index >= 15 is 0 Å². The Morgan fingerprint density at radius 2 is 1.60 bits per heavy atom. The predicted octanol–water partition coefficient (Wildman–Crippen LogP) is 2.86. The fourth-order valence-corrected chi connectivity index (χ4v) is 2.14. The van der Waals surface area contributed by atoms with E-state index in [0.29, 0.717) is 6.54 Å². The molecule has 3 heteroatoms. The van der Waals surface area contributed by atoms with E-state index in [0.717, 1.165) is 11.1 Å². The van der Waals surface area contributed by atoms with Crippen LogP contribution in [0.15, 0.2) is 60.7 Å². The summed E-state index contributed by atoms with van der Waals surface area (Å²) in [5.41, 5.74) is 1.16. The summed E-state index contributed by atoms with van der Waals surface area (Å²) >= 11 is 0. The van der Waals surface area contributed by atoms with E-state index in [2.05, 4.69) is 5.32 Å². The lowest BCUT2D eigenvalue weighted by Crippen LogP contribution is -2.47. The number of hydrogen-bond acceptors (Lipinski definition) is 3. The smallest absolute Gasteiger partial charge is 0.330 e. The zero-order valence-corrected chi connectivity index (χ0v) is 11.8. The fraction of sp³-hybridized carbons (Fsp3) is 0.235. The van der Waals surface area contributed by atoms with Crippen LogP contribution in [0.4, 0.5) is 0 Å². The molecular weight excluding hydrogens is 250 g/mol. The van der Waals surface area contributed by atoms with Gasteiger partial charge >= 0.3 is 5.97 Å². The van der Waals surface area contributed by atoms with E-state index < -0.39 is 5.54 Å². The SMILES string of the molecule is COC(=O)C(C)(NCc1ccccc1)c1ccccc1. The third kappa shape index (κ3) is 3.06. The lowest BCUT2D eigenvalue weighted by atomic mass is 9.91. The van der Waals surface area contributed by atoms with Crippen LogP contribution in [0.5, 0.6) is 0 Å². The van der Waals surface area contributed by atoms with Crippen molar-refractivity contribution in [2.75, 3.05) is 7.11 Å². The first kappa shape index (κ1) is 14.3. The summed E-state index contributed by atoms with van der Waals surface area (Å²) in [7, 11) is 1.41. The van der Waals surface area contributed by atoms with E-state index in [-0.39, 0.29) is 5.97 Å². The molecule has 0 heterocycles. The normalized spacial score (nSPS) is 13.5. The van der Waals surface area contributed by atoms with E-state index in [1.54, 1.807) is 0 Å². The molecule has 0 amide bonds. The first-order valence-corrected chi connectivity index (χ1v) is 6.59. The van der Waals surface area contributed by atoms with Crippen LogP contribution in [-0.4, -0.2) is 13.1 Å². The van der Waals surface area contributed by atoms with Gasteiger partial charge in [0.15, 0.2) is 0 Å². The highest BCUT2D eigenvalue weighted by Crippen LogP contribution is 2.22.